The first-order valence-electron chi connectivity index (χ1n) is 11.9. The normalized spacial score (nSPS) is 11.5. The SMILES string of the molecule is N=C(N)c1ccc(O)c(CCCNC(=O)c2ccc(-c3cc[nH]c(=O)c3)c(OC(=O)C(F)(F)F)c2OC(=O)C(F)(F)F)c1. The fourth-order valence-corrected chi connectivity index (χ4v) is 3.61. The van der Waals surface area contributed by atoms with E-state index in [0.29, 0.717) is 11.1 Å². The summed E-state index contributed by atoms with van der Waals surface area (Å²) in [7, 11) is 0. The molecule has 2 aromatic carbocycles. The molecular formula is C26H20F6N4O7. The quantitative estimate of drug-likeness (QED) is 0.0607. The molecule has 0 bridgehead atoms. The number of amidine groups is 1. The summed E-state index contributed by atoms with van der Waals surface area (Å²) in [5, 5.41) is 19.8. The molecule has 1 heterocycles. The highest BCUT2D eigenvalue weighted by molar-refractivity contribution is 6.01. The molecule has 0 aliphatic heterocycles. The summed E-state index contributed by atoms with van der Waals surface area (Å²) in [5.41, 5.74) is 3.47. The highest BCUT2D eigenvalue weighted by Crippen LogP contribution is 2.42. The standard InChI is InChI=1S/C26H20F6N4O7/c27-25(28,29)23(40)42-19-15(12-7-9-35-18(38)11-12)4-5-16(20(19)43-24(41)26(30,31)32)22(39)36-8-1-2-13-10-14(21(33)34)3-6-17(13)37/h3-7,9-11,37H,1-2,8H2,(H3,33,34)(H,35,38)(H,36,39). The maximum atomic E-state index is 13.1. The number of alkyl halides is 6. The summed E-state index contributed by atoms with van der Waals surface area (Å²) in [6.07, 6.45) is -10.1. The van der Waals surface area contributed by atoms with Gasteiger partial charge in [-0.1, -0.05) is 0 Å². The first-order chi connectivity index (χ1) is 20.0. The van der Waals surface area contributed by atoms with Crippen LogP contribution in [0.2, 0.25) is 0 Å². The van der Waals surface area contributed by atoms with E-state index in [1.807, 2.05) is 0 Å². The monoisotopic (exact) mass is 614 g/mol. The second-order valence-electron chi connectivity index (χ2n) is 8.65. The maximum absolute atomic E-state index is 13.1. The van der Waals surface area contributed by atoms with Crippen LogP contribution in [0.15, 0.2) is 53.5 Å². The first-order valence-corrected chi connectivity index (χ1v) is 11.9. The number of nitrogen functional groups attached to an aromatic ring is 1. The third kappa shape index (κ3) is 8.11. The van der Waals surface area contributed by atoms with E-state index in [-0.39, 0.29) is 36.5 Å². The molecule has 228 valence electrons. The number of phenols is 1. The fraction of sp³-hybridized carbons (Fsp3) is 0.192. The number of halogens is 6. The van der Waals surface area contributed by atoms with Gasteiger partial charge in [-0.3, -0.25) is 15.0 Å². The molecule has 0 saturated carbocycles. The Hall–Kier alpha value is -5.35. The summed E-state index contributed by atoms with van der Waals surface area (Å²) >= 11 is 0. The van der Waals surface area contributed by atoms with Gasteiger partial charge in [-0.2, -0.15) is 26.3 Å². The molecule has 0 radical (unpaired) electrons. The lowest BCUT2D eigenvalue weighted by Gasteiger charge is -2.19. The van der Waals surface area contributed by atoms with Crippen LogP contribution in [-0.4, -0.2) is 52.7 Å². The van der Waals surface area contributed by atoms with Gasteiger partial charge in [0.15, 0.2) is 11.5 Å². The number of hydrogen-bond acceptors (Lipinski definition) is 8. The van der Waals surface area contributed by atoms with Crippen molar-refractivity contribution in [3.63, 3.8) is 0 Å². The van der Waals surface area contributed by atoms with Crippen LogP contribution in [-0.2, 0) is 16.0 Å². The highest BCUT2D eigenvalue weighted by Gasteiger charge is 2.45. The van der Waals surface area contributed by atoms with Crippen LogP contribution in [0.4, 0.5) is 26.3 Å². The smallest absolute Gasteiger partial charge is 0.491 e. The number of aromatic amines is 1. The minimum atomic E-state index is -5.69. The Morgan fingerprint density at radius 3 is 2.14 bits per heavy atom. The molecule has 0 aliphatic rings. The molecule has 3 aromatic rings. The number of amides is 1. The Morgan fingerprint density at radius 1 is 0.930 bits per heavy atom. The van der Waals surface area contributed by atoms with Gasteiger partial charge >= 0.3 is 24.3 Å². The van der Waals surface area contributed by atoms with E-state index in [2.05, 4.69) is 19.8 Å². The van der Waals surface area contributed by atoms with Gasteiger partial charge in [-0.25, -0.2) is 9.59 Å². The van der Waals surface area contributed by atoms with Crippen LogP contribution in [0, 0.1) is 5.41 Å². The summed E-state index contributed by atoms with van der Waals surface area (Å²) in [5.74, 6) is -10.4. The van der Waals surface area contributed by atoms with Gasteiger partial charge < -0.3 is 30.6 Å². The molecule has 11 nitrogen and oxygen atoms in total. The van der Waals surface area contributed by atoms with Gasteiger partial charge in [0, 0.05) is 29.9 Å². The number of hydrogen-bond donors (Lipinski definition) is 5. The van der Waals surface area contributed by atoms with E-state index in [9.17, 15) is 50.6 Å². The van der Waals surface area contributed by atoms with E-state index in [0.717, 1.165) is 30.5 Å². The number of H-pyrrole nitrogens is 1. The van der Waals surface area contributed by atoms with E-state index in [4.69, 9.17) is 11.1 Å². The zero-order chi connectivity index (χ0) is 32.1. The van der Waals surface area contributed by atoms with Gasteiger partial charge in [-0.05, 0) is 60.4 Å². The molecule has 0 spiro atoms. The Bertz CT molecular complexity index is 1630. The van der Waals surface area contributed by atoms with Crippen molar-refractivity contribution in [3.8, 4) is 28.4 Å². The van der Waals surface area contributed by atoms with E-state index in [1.54, 1.807) is 0 Å². The number of carbonyl (C=O) groups excluding carboxylic acids is 3. The predicted octanol–water partition coefficient (Wildman–Crippen LogP) is 3.33. The van der Waals surface area contributed by atoms with Crippen molar-refractivity contribution in [3.05, 3.63) is 75.7 Å². The number of nitrogens with one attached hydrogen (secondary N) is 3. The summed E-state index contributed by atoms with van der Waals surface area (Å²) in [6, 6.07) is 7.65. The number of aromatic nitrogens is 1. The summed E-state index contributed by atoms with van der Waals surface area (Å²) in [6.45, 7) is -0.220. The topological polar surface area (TPSA) is 185 Å². The number of aromatic hydroxyl groups is 1. The van der Waals surface area contributed by atoms with Crippen LogP contribution in [0.3, 0.4) is 0 Å². The van der Waals surface area contributed by atoms with E-state index < -0.39 is 58.4 Å². The van der Waals surface area contributed by atoms with Crippen molar-refractivity contribution >= 4 is 23.7 Å². The Balaban J connectivity index is 2.01. The highest BCUT2D eigenvalue weighted by atomic mass is 19.4. The second-order valence-corrected chi connectivity index (χ2v) is 8.65. The average molecular weight is 614 g/mol. The number of carbonyl (C=O) groups is 3. The lowest BCUT2D eigenvalue weighted by atomic mass is 10.0. The van der Waals surface area contributed by atoms with Crippen molar-refractivity contribution in [1.82, 2.24) is 10.3 Å². The largest absolute Gasteiger partial charge is 0.508 e. The number of phenolic OH excluding ortho intramolecular Hbond substituents is 1. The van der Waals surface area contributed by atoms with Gasteiger partial charge in [0.05, 0.1) is 5.56 Å². The van der Waals surface area contributed by atoms with Gasteiger partial charge in [0.25, 0.3) is 5.91 Å². The molecule has 0 unspecified atom stereocenters. The van der Waals surface area contributed by atoms with Crippen LogP contribution < -0.4 is 26.1 Å². The molecule has 0 atom stereocenters. The number of esters is 2. The van der Waals surface area contributed by atoms with Crippen molar-refractivity contribution in [2.45, 2.75) is 25.2 Å². The Morgan fingerprint density at radius 2 is 1.56 bits per heavy atom. The van der Waals surface area contributed by atoms with Crippen molar-refractivity contribution in [2.24, 2.45) is 5.73 Å². The molecule has 1 aromatic heterocycles. The molecule has 43 heavy (non-hydrogen) atoms. The van der Waals surface area contributed by atoms with Crippen molar-refractivity contribution in [2.75, 3.05) is 6.54 Å². The summed E-state index contributed by atoms with van der Waals surface area (Å²) < 4.78 is 87.1. The number of ether oxygens (including phenoxy) is 2. The molecule has 0 saturated heterocycles. The summed E-state index contributed by atoms with van der Waals surface area (Å²) in [4.78, 5) is 50.4. The van der Waals surface area contributed by atoms with Crippen LogP contribution in [0.25, 0.3) is 11.1 Å². The lowest BCUT2D eigenvalue weighted by molar-refractivity contribution is -0.191. The number of rotatable bonds is 9. The zero-order valence-corrected chi connectivity index (χ0v) is 21.5. The van der Waals surface area contributed by atoms with Crippen LogP contribution >= 0.6 is 0 Å². The van der Waals surface area contributed by atoms with Gasteiger partial charge in [-0.15, -0.1) is 0 Å². The van der Waals surface area contributed by atoms with Gasteiger partial charge in [0.1, 0.15) is 11.6 Å². The number of nitrogens with two attached hydrogens (primary N) is 1. The molecule has 3 rings (SSSR count). The third-order valence-electron chi connectivity index (χ3n) is 5.59. The minimum absolute atomic E-state index is 0.0964. The molecule has 17 heteroatoms. The minimum Gasteiger partial charge on any atom is -0.508 e. The fourth-order valence-electron chi connectivity index (χ4n) is 3.61. The van der Waals surface area contributed by atoms with Crippen LogP contribution in [0.1, 0.15) is 27.9 Å². The number of pyridine rings is 1. The Kier molecular flexibility index (Phi) is 9.47. The number of benzene rings is 2. The lowest BCUT2D eigenvalue weighted by Crippen LogP contribution is -2.32. The van der Waals surface area contributed by atoms with Gasteiger partial charge in [0.2, 0.25) is 5.56 Å². The Labute approximate surface area is 236 Å². The average Bonchev–Trinajstić information content (AvgIpc) is 2.91. The van der Waals surface area contributed by atoms with E-state index >= 15 is 0 Å². The number of aryl methyl sites for hydroxylation is 1. The third-order valence-corrected chi connectivity index (χ3v) is 5.59. The molecular weight excluding hydrogens is 594 g/mol. The van der Waals surface area contributed by atoms with Crippen molar-refractivity contribution < 1.29 is 55.3 Å². The van der Waals surface area contributed by atoms with E-state index in [1.165, 1.54) is 18.2 Å². The molecule has 0 aliphatic carbocycles. The maximum Gasteiger partial charge on any atom is 0.491 e. The molecule has 1 amide bonds. The van der Waals surface area contributed by atoms with Crippen LogP contribution in [0.5, 0.6) is 17.2 Å². The zero-order valence-electron chi connectivity index (χ0n) is 21.5. The molecule has 6 N–H and O–H groups in total. The second kappa shape index (κ2) is 12.7. The first kappa shape index (κ1) is 32.2. The predicted molar refractivity (Wildman–Crippen MR) is 136 cm³/mol. The molecule has 0 fully saturated rings. The van der Waals surface area contributed by atoms with Crippen molar-refractivity contribution in [1.29, 1.82) is 5.41 Å².